The molecule has 2 aromatic rings. The number of nitrogens with zero attached hydrogens (tertiary/aromatic N) is 2. The predicted octanol–water partition coefficient (Wildman–Crippen LogP) is 2.47. The third-order valence-corrected chi connectivity index (χ3v) is 6.15. The number of halogens is 3. The minimum absolute atomic E-state index is 0.0801. The largest absolute Gasteiger partial charge is 0.490 e. The molecular formula is C22H27F3N4O4. The van der Waals surface area contributed by atoms with Gasteiger partial charge in [0.15, 0.2) is 0 Å². The van der Waals surface area contributed by atoms with Crippen LogP contribution in [-0.2, 0) is 9.59 Å². The maximum absolute atomic E-state index is 13.0. The summed E-state index contributed by atoms with van der Waals surface area (Å²) in [6.07, 6.45) is -2.37. The van der Waals surface area contributed by atoms with Crippen LogP contribution in [0, 0.1) is 5.92 Å². The van der Waals surface area contributed by atoms with E-state index < -0.39 is 12.1 Å². The highest BCUT2D eigenvalue weighted by molar-refractivity contribution is 5.98. The molecule has 0 radical (unpaired) electrons. The first kappa shape index (κ1) is 24.6. The number of aromatic nitrogens is 1. The SMILES string of the molecule is CNC(=O)[C@H]1C[C@@H]2CN(C(=O)c3ccc4[nH]ccc4c3)C[C@@H]2N1C(C)C.O=C(O)C(F)(F)F. The molecule has 8 nitrogen and oxygen atoms in total. The van der Waals surface area contributed by atoms with Gasteiger partial charge < -0.3 is 20.3 Å². The first-order chi connectivity index (χ1) is 15.4. The predicted molar refractivity (Wildman–Crippen MR) is 115 cm³/mol. The lowest BCUT2D eigenvalue weighted by molar-refractivity contribution is -0.192. The van der Waals surface area contributed by atoms with Gasteiger partial charge in [-0.05, 0) is 50.5 Å². The summed E-state index contributed by atoms with van der Waals surface area (Å²) in [4.78, 5) is 41.6. The van der Waals surface area contributed by atoms with Gasteiger partial charge in [-0.3, -0.25) is 14.5 Å². The van der Waals surface area contributed by atoms with Crippen LogP contribution in [0.25, 0.3) is 10.9 Å². The van der Waals surface area contributed by atoms with E-state index in [0.717, 1.165) is 29.4 Å². The summed E-state index contributed by atoms with van der Waals surface area (Å²) < 4.78 is 31.7. The van der Waals surface area contributed by atoms with Crippen molar-refractivity contribution in [3.8, 4) is 0 Å². The van der Waals surface area contributed by atoms with Crippen LogP contribution >= 0.6 is 0 Å². The van der Waals surface area contributed by atoms with Crippen LogP contribution in [0.3, 0.4) is 0 Å². The lowest BCUT2D eigenvalue weighted by Crippen LogP contribution is -2.50. The lowest BCUT2D eigenvalue weighted by Gasteiger charge is -2.33. The van der Waals surface area contributed by atoms with Gasteiger partial charge in [0, 0.05) is 54.9 Å². The van der Waals surface area contributed by atoms with Crippen LogP contribution in [0.4, 0.5) is 13.2 Å². The number of rotatable bonds is 3. The number of likely N-dealkylation sites (tertiary alicyclic amines) is 2. The Morgan fingerprint density at radius 2 is 1.85 bits per heavy atom. The van der Waals surface area contributed by atoms with Gasteiger partial charge in [-0.2, -0.15) is 13.2 Å². The average Bonchev–Trinajstić information content (AvgIpc) is 3.45. The fourth-order valence-corrected chi connectivity index (χ4v) is 4.75. The summed E-state index contributed by atoms with van der Waals surface area (Å²) in [5.41, 5.74) is 1.77. The van der Waals surface area contributed by atoms with Gasteiger partial charge in [0.25, 0.3) is 5.91 Å². The highest BCUT2D eigenvalue weighted by atomic mass is 19.4. The van der Waals surface area contributed by atoms with Crippen molar-refractivity contribution in [1.29, 1.82) is 0 Å². The molecule has 180 valence electrons. The van der Waals surface area contributed by atoms with Crippen molar-refractivity contribution in [3.05, 3.63) is 36.0 Å². The molecule has 11 heteroatoms. The van der Waals surface area contributed by atoms with E-state index in [1.807, 2.05) is 35.4 Å². The highest BCUT2D eigenvalue weighted by Gasteiger charge is 2.50. The number of fused-ring (bicyclic) bond motifs is 2. The Balaban J connectivity index is 0.000000383. The van der Waals surface area contributed by atoms with E-state index in [0.29, 0.717) is 12.5 Å². The van der Waals surface area contributed by atoms with Gasteiger partial charge >= 0.3 is 12.1 Å². The number of aliphatic carboxylic acids is 1. The van der Waals surface area contributed by atoms with Crippen LogP contribution in [0.5, 0.6) is 0 Å². The molecule has 2 saturated heterocycles. The van der Waals surface area contributed by atoms with Crippen LogP contribution in [0.2, 0.25) is 0 Å². The number of nitrogens with one attached hydrogen (secondary N) is 2. The molecule has 0 bridgehead atoms. The maximum Gasteiger partial charge on any atom is 0.490 e. The minimum atomic E-state index is -5.08. The molecule has 3 N–H and O–H groups in total. The summed E-state index contributed by atoms with van der Waals surface area (Å²) in [6, 6.07) is 8.25. The van der Waals surface area contributed by atoms with Crippen molar-refractivity contribution in [1.82, 2.24) is 20.1 Å². The lowest BCUT2D eigenvalue weighted by atomic mass is 10.0. The summed E-state index contributed by atoms with van der Waals surface area (Å²) in [6.45, 7) is 5.68. The van der Waals surface area contributed by atoms with Gasteiger partial charge in [-0.15, -0.1) is 0 Å². The number of H-pyrrole nitrogens is 1. The highest BCUT2D eigenvalue weighted by Crippen LogP contribution is 2.37. The summed E-state index contributed by atoms with van der Waals surface area (Å²) in [5.74, 6) is -2.22. The van der Waals surface area contributed by atoms with E-state index in [2.05, 4.69) is 29.0 Å². The molecule has 1 aromatic carbocycles. The molecule has 1 aromatic heterocycles. The molecule has 2 aliphatic rings. The monoisotopic (exact) mass is 468 g/mol. The molecule has 0 saturated carbocycles. The minimum Gasteiger partial charge on any atom is -0.475 e. The average molecular weight is 468 g/mol. The number of hydrogen-bond acceptors (Lipinski definition) is 4. The quantitative estimate of drug-likeness (QED) is 0.642. The van der Waals surface area contributed by atoms with Crippen molar-refractivity contribution in [2.24, 2.45) is 5.92 Å². The Morgan fingerprint density at radius 1 is 1.18 bits per heavy atom. The zero-order chi connectivity index (χ0) is 24.5. The molecule has 0 spiro atoms. The number of carboxylic acid groups (broad SMARTS) is 1. The Bertz CT molecular complexity index is 1040. The molecule has 3 heterocycles. The molecule has 2 aliphatic heterocycles. The molecule has 4 rings (SSSR count). The molecule has 2 fully saturated rings. The maximum atomic E-state index is 13.0. The molecule has 0 unspecified atom stereocenters. The smallest absolute Gasteiger partial charge is 0.475 e. The number of benzene rings is 1. The van der Waals surface area contributed by atoms with E-state index in [4.69, 9.17) is 9.90 Å². The summed E-state index contributed by atoms with van der Waals surface area (Å²) in [5, 5.41) is 11.0. The number of carboxylic acids is 1. The molecular weight excluding hydrogens is 441 g/mol. The number of alkyl halides is 3. The number of carbonyl (C=O) groups is 3. The van der Waals surface area contributed by atoms with Crippen LogP contribution in [-0.4, -0.2) is 82.1 Å². The molecule has 0 aliphatic carbocycles. The van der Waals surface area contributed by atoms with Crippen molar-refractivity contribution in [2.45, 2.75) is 44.6 Å². The normalized spacial score (nSPS) is 22.8. The van der Waals surface area contributed by atoms with Crippen LogP contribution < -0.4 is 5.32 Å². The van der Waals surface area contributed by atoms with Crippen LogP contribution in [0.1, 0.15) is 30.6 Å². The van der Waals surface area contributed by atoms with Gasteiger partial charge in [0.2, 0.25) is 5.91 Å². The molecule has 3 atom stereocenters. The number of hydrogen-bond donors (Lipinski definition) is 3. The van der Waals surface area contributed by atoms with Crippen molar-refractivity contribution in [2.75, 3.05) is 20.1 Å². The number of likely N-dealkylation sites (N-methyl/N-ethyl adjacent to an activating group) is 1. The van der Waals surface area contributed by atoms with Crippen LogP contribution in [0.15, 0.2) is 30.5 Å². The second kappa shape index (κ2) is 9.42. The van der Waals surface area contributed by atoms with E-state index >= 15 is 0 Å². The molecule has 2 amide bonds. The van der Waals surface area contributed by atoms with Gasteiger partial charge in [0.1, 0.15) is 0 Å². The van der Waals surface area contributed by atoms with E-state index in [1.54, 1.807) is 7.05 Å². The van der Waals surface area contributed by atoms with Crippen molar-refractivity contribution >= 4 is 28.7 Å². The second-order valence-electron chi connectivity index (χ2n) is 8.53. The Kier molecular flexibility index (Phi) is 7.01. The summed E-state index contributed by atoms with van der Waals surface area (Å²) >= 11 is 0. The number of amides is 2. The number of carbonyl (C=O) groups excluding carboxylic acids is 2. The zero-order valence-corrected chi connectivity index (χ0v) is 18.5. The van der Waals surface area contributed by atoms with Gasteiger partial charge in [-0.25, -0.2) is 4.79 Å². The second-order valence-corrected chi connectivity index (χ2v) is 8.53. The Morgan fingerprint density at radius 3 is 2.42 bits per heavy atom. The van der Waals surface area contributed by atoms with Gasteiger partial charge in [0.05, 0.1) is 6.04 Å². The first-order valence-corrected chi connectivity index (χ1v) is 10.6. The van der Waals surface area contributed by atoms with E-state index in [-0.39, 0.29) is 29.9 Å². The topological polar surface area (TPSA) is 106 Å². The third-order valence-electron chi connectivity index (χ3n) is 6.15. The fourth-order valence-electron chi connectivity index (χ4n) is 4.75. The van der Waals surface area contributed by atoms with E-state index in [1.165, 1.54) is 0 Å². The van der Waals surface area contributed by atoms with Crippen molar-refractivity contribution in [3.63, 3.8) is 0 Å². The van der Waals surface area contributed by atoms with Crippen molar-refractivity contribution < 1.29 is 32.7 Å². The standard InChI is InChI=1S/C20H26N4O2.C2HF3O2/c1-12(2)24-17(19(25)21-3)9-15-10-23(11-18(15)24)20(26)14-4-5-16-13(8-14)6-7-22-16;3-2(4,5)1(6)7/h4-8,12,15,17-18,22H,9-11H2,1-3H3,(H,21,25);(H,6,7)/t15-,17-,18+;/m1./s1. The van der Waals surface area contributed by atoms with E-state index in [9.17, 15) is 22.8 Å². The first-order valence-electron chi connectivity index (χ1n) is 10.6. The third kappa shape index (κ3) is 5.13. The Labute approximate surface area is 188 Å². The Hall–Kier alpha value is -3.08. The summed E-state index contributed by atoms with van der Waals surface area (Å²) in [7, 11) is 1.70. The number of aromatic amines is 1. The fraction of sp³-hybridized carbons (Fsp3) is 0.500. The van der Waals surface area contributed by atoms with Gasteiger partial charge in [-0.1, -0.05) is 0 Å². The zero-order valence-electron chi connectivity index (χ0n) is 18.5. The molecule has 33 heavy (non-hydrogen) atoms.